The van der Waals surface area contributed by atoms with Crippen LogP contribution in [0.4, 0.5) is 0 Å². The fourth-order valence-electron chi connectivity index (χ4n) is 3.24. The Morgan fingerprint density at radius 2 is 1.83 bits per heavy atom. The van der Waals surface area contributed by atoms with E-state index in [1.165, 1.54) is 38.8 Å². The van der Waals surface area contributed by atoms with Crippen LogP contribution in [-0.4, -0.2) is 42.8 Å². The molecule has 1 rings (SSSR count). The summed E-state index contributed by atoms with van der Waals surface area (Å²) in [5.41, 5.74) is 6.36. The average molecular weight is 256 g/mol. The largest absolute Gasteiger partial charge is 0.378 e. The Labute approximate surface area is 113 Å². The van der Waals surface area contributed by atoms with E-state index in [0.717, 1.165) is 26.0 Å². The topological polar surface area (TPSA) is 38.5 Å². The summed E-state index contributed by atoms with van der Waals surface area (Å²) >= 11 is 0. The Hall–Kier alpha value is -0.120. The minimum atomic E-state index is 0.199. The quantitative estimate of drug-likeness (QED) is 0.726. The van der Waals surface area contributed by atoms with E-state index in [2.05, 4.69) is 25.7 Å². The molecular weight excluding hydrogens is 224 g/mol. The molecule has 0 aromatic carbocycles. The van der Waals surface area contributed by atoms with Gasteiger partial charge in [0, 0.05) is 18.7 Å². The third-order valence-electron chi connectivity index (χ3n) is 4.18. The van der Waals surface area contributed by atoms with E-state index in [4.69, 9.17) is 10.5 Å². The molecule has 108 valence electrons. The van der Waals surface area contributed by atoms with Gasteiger partial charge in [0.25, 0.3) is 0 Å². The molecule has 0 aromatic heterocycles. The molecule has 2 atom stereocenters. The molecule has 3 nitrogen and oxygen atoms in total. The van der Waals surface area contributed by atoms with Crippen molar-refractivity contribution in [2.45, 2.75) is 70.9 Å². The molecule has 2 unspecified atom stereocenters. The molecule has 0 saturated carbocycles. The fourth-order valence-corrected chi connectivity index (χ4v) is 3.24. The van der Waals surface area contributed by atoms with Crippen molar-refractivity contribution in [1.82, 2.24) is 4.90 Å². The van der Waals surface area contributed by atoms with Gasteiger partial charge in [0.1, 0.15) is 0 Å². The normalized spacial score (nSPS) is 28.8. The van der Waals surface area contributed by atoms with Gasteiger partial charge in [-0.05, 0) is 45.2 Å². The van der Waals surface area contributed by atoms with Crippen molar-refractivity contribution in [3.8, 4) is 0 Å². The van der Waals surface area contributed by atoms with Crippen molar-refractivity contribution >= 4 is 0 Å². The first-order valence-corrected chi connectivity index (χ1v) is 7.79. The number of nitrogens with two attached hydrogens (primary N) is 1. The van der Waals surface area contributed by atoms with Crippen molar-refractivity contribution in [3.63, 3.8) is 0 Å². The molecule has 1 saturated heterocycles. The fraction of sp³-hybridized carbons (Fsp3) is 1.00. The Bertz CT molecular complexity index is 215. The highest BCUT2D eigenvalue weighted by molar-refractivity contribution is 4.96. The van der Waals surface area contributed by atoms with E-state index in [9.17, 15) is 0 Å². The zero-order valence-corrected chi connectivity index (χ0v) is 12.6. The molecule has 0 aliphatic carbocycles. The van der Waals surface area contributed by atoms with Gasteiger partial charge in [0.2, 0.25) is 0 Å². The lowest BCUT2D eigenvalue weighted by atomic mass is 9.83. The molecule has 0 radical (unpaired) electrons. The average Bonchev–Trinajstić information content (AvgIpc) is 2.39. The molecule has 1 aliphatic rings. The predicted octanol–water partition coefficient (Wildman–Crippen LogP) is 2.79. The van der Waals surface area contributed by atoms with E-state index >= 15 is 0 Å². The summed E-state index contributed by atoms with van der Waals surface area (Å²) in [6.07, 6.45) is 7.44. The molecule has 3 heteroatoms. The lowest BCUT2D eigenvalue weighted by Crippen LogP contribution is -2.59. The van der Waals surface area contributed by atoms with E-state index in [1.54, 1.807) is 0 Å². The first-order valence-electron chi connectivity index (χ1n) is 7.79. The van der Waals surface area contributed by atoms with Crippen molar-refractivity contribution in [1.29, 1.82) is 0 Å². The Morgan fingerprint density at radius 1 is 1.17 bits per heavy atom. The maximum atomic E-state index is 6.16. The highest BCUT2D eigenvalue weighted by Crippen LogP contribution is 2.32. The van der Waals surface area contributed by atoms with Gasteiger partial charge in [-0.1, -0.05) is 27.2 Å². The third kappa shape index (κ3) is 3.94. The lowest BCUT2D eigenvalue weighted by Gasteiger charge is -2.48. The standard InChI is InChI=1S/C15H32N2O/c1-4-7-14-12-15(13-16,8-11-18-14)17(9-5-2)10-6-3/h14H,4-13,16H2,1-3H3. The maximum absolute atomic E-state index is 6.16. The van der Waals surface area contributed by atoms with Gasteiger partial charge >= 0.3 is 0 Å². The van der Waals surface area contributed by atoms with Crippen LogP contribution in [0.3, 0.4) is 0 Å². The van der Waals surface area contributed by atoms with E-state index in [-0.39, 0.29) is 5.54 Å². The van der Waals surface area contributed by atoms with E-state index in [0.29, 0.717) is 6.10 Å². The van der Waals surface area contributed by atoms with Crippen molar-refractivity contribution in [2.75, 3.05) is 26.2 Å². The van der Waals surface area contributed by atoms with Crippen LogP contribution >= 0.6 is 0 Å². The summed E-state index contributed by atoms with van der Waals surface area (Å²) in [7, 11) is 0. The van der Waals surface area contributed by atoms with Crippen molar-refractivity contribution < 1.29 is 4.74 Å². The molecule has 0 aromatic rings. The molecule has 1 fully saturated rings. The maximum Gasteiger partial charge on any atom is 0.0593 e. The summed E-state index contributed by atoms with van der Waals surface area (Å²) in [5, 5.41) is 0. The van der Waals surface area contributed by atoms with Crippen LogP contribution in [-0.2, 0) is 4.74 Å². The van der Waals surface area contributed by atoms with Crippen LogP contribution < -0.4 is 5.73 Å². The highest BCUT2D eigenvalue weighted by atomic mass is 16.5. The Balaban J connectivity index is 2.73. The first-order chi connectivity index (χ1) is 8.72. The summed E-state index contributed by atoms with van der Waals surface area (Å²) in [4.78, 5) is 2.64. The Kier molecular flexibility index (Phi) is 7.20. The third-order valence-corrected chi connectivity index (χ3v) is 4.18. The molecule has 0 amide bonds. The molecule has 1 aliphatic heterocycles. The lowest BCUT2D eigenvalue weighted by molar-refractivity contribution is -0.0739. The van der Waals surface area contributed by atoms with Gasteiger partial charge in [-0.2, -0.15) is 0 Å². The Morgan fingerprint density at radius 3 is 2.33 bits per heavy atom. The van der Waals surface area contributed by atoms with Crippen LogP contribution in [0.5, 0.6) is 0 Å². The summed E-state index contributed by atoms with van der Waals surface area (Å²) in [6, 6.07) is 0. The van der Waals surface area contributed by atoms with Crippen LogP contribution in [0.2, 0.25) is 0 Å². The number of hydrogen-bond acceptors (Lipinski definition) is 3. The second kappa shape index (κ2) is 8.13. The molecule has 0 spiro atoms. The van der Waals surface area contributed by atoms with Gasteiger partial charge in [-0.3, -0.25) is 4.90 Å². The summed E-state index contributed by atoms with van der Waals surface area (Å²) in [5.74, 6) is 0. The predicted molar refractivity (Wildman–Crippen MR) is 77.8 cm³/mol. The van der Waals surface area contributed by atoms with Crippen LogP contribution in [0.15, 0.2) is 0 Å². The minimum absolute atomic E-state index is 0.199. The molecule has 18 heavy (non-hydrogen) atoms. The molecule has 2 N–H and O–H groups in total. The molecular formula is C15H32N2O. The summed E-state index contributed by atoms with van der Waals surface area (Å²) < 4.78 is 5.90. The minimum Gasteiger partial charge on any atom is -0.378 e. The molecule has 0 bridgehead atoms. The highest BCUT2D eigenvalue weighted by Gasteiger charge is 2.39. The SMILES string of the molecule is CCCC1CC(CN)(N(CCC)CCC)CCO1. The zero-order valence-electron chi connectivity index (χ0n) is 12.6. The molecule has 1 heterocycles. The van der Waals surface area contributed by atoms with Gasteiger partial charge in [-0.15, -0.1) is 0 Å². The summed E-state index contributed by atoms with van der Waals surface area (Å²) in [6.45, 7) is 10.7. The number of ether oxygens (including phenoxy) is 1. The van der Waals surface area contributed by atoms with Crippen molar-refractivity contribution in [3.05, 3.63) is 0 Å². The van der Waals surface area contributed by atoms with Gasteiger partial charge < -0.3 is 10.5 Å². The van der Waals surface area contributed by atoms with E-state index < -0.39 is 0 Å². The monoisotopic (exact) mass is 256 g/mol. The van der Waals surface area contributed by atoms with Crippen molar-refractivity contribution in [2.24, 2.45) is 5.73 Å². The number of rotatable bonds is 8. The zero-order chi connectivity index (χ0) is 13.4. The van der Waals surface area contributed by atoms with Crippen LogP contribution in [0.1, 0.15) is 59.3 Å². The van der Waals surface area contributed by atoms with Gasteiger partial charge in [0.05, 0.1) is 6.10 Å². The smallest absolute Gasteiger partial charge is 0.0593 e. The van der Waals surface area contributed by atoms with Gasteiger partial charge in [-0.25, -0.2) is 0 Å². The number of hydrogen-bond donors (Lipinski definition) is 1. The van der Waals surface area contributed by atoms with Crippen LogP contribution in [0.25, 0.3) is 0 Å². The first kappa shape index (κ1) is 15.9. The number of nitrogens with zero attached hydrogens (tertiary/aromatic N) is 1. The second-order valence-electron chi connectivity index (χ2n) is 5.65. The van der Waals surface area contributed by atoms with Crippen LogP contribution in [0, 0.1) is 0 Å². The van der Waals surface area contributed by atoms with Gasteiger partial charge in [0.15, 0.2) is 0 Å². The van der Waals surface area contributed by atoms with E-state index in [1.807, 2.05) is 0 Å². The second-order valence-corrected chi connectivity index (χ2v) is 5.65.